The van der Waals surface area contributed by atoms with Crippen molar-refractivity contribution in [3.05, 3.63) is 28.8 Å². The van der Waals surface area contributed by atoms with E-state index in [1.54, 1.807) is 7.11 Å². The van der Waals surface area contributed by atoms with Gasteiger partial charge in [0.05, 0.1) is 7.11 Å². The summed E-state index contributed by atoms with van der Waals surface area (Å²) in [6, 6.07) is 4.75. The molecule has 4 nitrogen and oxygen atoms in total. The highest BCUT2D eigenvalue weighted by atomic mass is 16.5. The summed E-state index contributed by atoms with van der Waals surface area (Å²) in [5.41, 5.74) is 4.13. The predicted molar refractivity (Wildman–Crippen MR) is 77.9 cm³/mol. The van der Waals surface area contributed by atoms with Crippen LogP contribution in [0.3, 0.4) is 0 Å². The zero-order chi connectivity index (χ0) is 13.9. The number of benzene rings is 1. The smallest absolute Gasteiger partial charge is 0.220 e. The summed E-state index contributed by atoms with van der Waals surface area (Å²) in [5, 5.41) is 6.41. The molecule has 0 unspecified atom stereocenters. The number of carbonyl (C=O) groups is 1. The Labute approximate surface area is 119 Å². The van der Waals surface area contributed by atoms with Crippen molar-refractivity contribution in [1.29, 1.82) is 0 Å². The van der Waals surface area contributed by atoms with E-state index in [2.05, 4.69) is 22.8 Å². The Balaban J connectivity index is 1.60. The minimum atomic E-state index is 0.173. The Morgan fingerprint density at radius 2 is 2.10 bits per heavy atom. The number of hydrogen-bond donors (Lipinski definition) is 2. The maximum atomic E-state index is 11.2. The zero-order valence-electron chi connectivity index (χ0n) is 12.0. The zero-order valence-corrected chi connectivity index (χ0v) is 12.0. The molecule has 1 atom stereocenters. The molecule has 1 aliphatic heterocycles. The average molecular weight is 274 g/mol. The summed E-state index contributed by atoms with van der Waals surface area (Å²) in [5.74, 6) is 1.15. The molecular formula is C16H22N2O2. The number of methoxy groups -OCH3 is 1. The highest BCUT2D eigenvalue weighted by Crippen LogP contribution is 2.29. The minimum Gasteiger partial charge on any atom is -0.496 e. The van der Waals surface area contributed by atoms with Gasteiger partial charge in [0.2, 0.25) is 5.91 Å². The summed E-state index contributed by atoms with van der Waals surface area (Å²) in [6.07, 6.45) is 5.21. The first-order valence-corrected chi connectivity index (χ1v) is 7.45. The van der Waals surface area contributed by atoms with E-state index in [9.17, 15) is 4.79 Å². The highest BCUT2D eigenvalue weighted by Gasteiger charge is 2.20. The molecular weight excluding hydrogens is 252 g/mol. The Morgan fingerprint density at radius 3 is 2.80 bits per heavy atom. The molecule has 0 radical (unpaired) electrons. The first-order valence-electron chi connectivity index (χ1n) is 7.45. The number of aryl methyl sites for hydroxylation is 2. The van der Waals surface area contributed by atoms with Crippen LogP contribution in [0.5, 0.6) is 5.75 Å². The molecule has 0 bridgehead atoms. The van der Waals surface area contributed by atoms with E-state index in [1.165, 1.54) is 36.0 Å². The van der Waals surface area contributed by atoms with Crippen LogP contribution in [-0.2, 0) is 24.2 Å². The van der Waals surface area contributed by atoms with Crippen molar-refractivity contribution in [2.75, 3.05) is 13.7 Å². The lowest BCUT2D eigenvalue weighted by molar-refractivity contribution is -0.119. The van der Waals surface area contributed by atoms with E-state index in [4.69, 9.17) is 4.74 Å². The van der Waals surface area contributed by atoms with Crippen LogP contribution in [-0.4, -0.2) is 25.6 Å². The fourth-order valence-corrected chi connectivity index (χ4v) is 3.19. The van der Waals surface area contributed by atoms with Gasteiger partial charge in [-0.05, 0) is 42.9 Å². The summed E-state index contributed by atoms with van der Waals surface area (Å²) in [6.45, 7) is 1.62. The summed E-state index contributed by atoms with van der Waals surface area (Å²) < 4.78 is 5.50. The monoisotopic (exact) mass is 274 g/mol. The molecule has 0 spiro atoms. The Morgan fingerprint density at radius 1 is 1.30 bits per heavy atom. The third-order valence-electron chi connectivity index (χ3n) is 4.29. The van der Waals surface area contributed by atoms with Crippen LogP contribution in [0.1, 0.15) is 36.0 Å². The molecule has 1 fully saturated rings. The number of nitrogens with one attached hydrogen (secondary N) is 2. The first-order chi connectivity index (χ1) is 9.76. The van der Waals surface area contributed by atoms with Gasteiger partial charge in [0.1, 0.15) is 5.75 Å². The molecule has 108 valence electrons. The topological polar surface area (TPSA) is 50.4 Å². The van der Waals surface area contributed by atoms with Crippen LogP contribution in [0.15, 0.2) is 12.1 Å². The lowest BCUT2D eigenvalue weighted by Gasteiger charge is -2.14. The van der Waals surface area contributed by atoms with Crippen molar-refractivity contribution >= 4 is 5.91 Å². The SMILES string of the molecule is COc1cc2c(cc1CNC[C@@H]1CCC(=O)N1)CCC2. The van der Waals surface area contributed by atoms with Crippen LogP contribution in [0.4, 0.5) is 0 Å². The fourth-order valence-electron chi connectivity index (χ4n) is 3.19. The Bertz CT molecular complexity index is 513. The van der Waals surface area contributed by atoms with Crippen LogP contribution >= 0.6 is 0 Å². The lowest BCUT2D eigenvalue weighted by atomic mass is 10.0. The molecule has 1 heterocycles. The third-order valence-corrected chi connectivity index (χ3v) is 4.29. The molecule has 0 aromatic heterocycles. The second-order valence-electron chi connectivity index (χ2n) is 5.72. The molecule has 3 rings (SSSR count). The Kier molecular flexibility index (Phi) is 3.92. The minimum absolute atomic E-state index is 0.173. The number of rotatable bonds is 5. The van der Waals surface area contributed by atoms with Crippen LogP contribution in [0.25, 0.3) is 0 Å². The molecule has 1 aromatic carbocycles. The number of ether oxygens (including phenoxy) is 1. The number of amides is 1. The standard InChI is InChI=1S/C16H22N2O2/c1-20-15-8-12-4-2-3-11(12)7-13(15)9-17-10-14-5-6-16(19)18-14/h7-8,14,17H,2-6,9-10H2,1H3,(H,18,19)/t14-/m0/s1. The summed E-state index contributed by atoms with van der Waals surface area (Å²) >= 11 is 0. The van der Waals surface area contributed by atoms with Crippen LogP contribution in [0, 0.1) is 0 Å². The molecule has 1 aliphatic carbocycles. The Hall–Kier alpha value is -1.55. The van der Waals surface area contributed by atoms with E-state index >= 15 is 0 Å². The van der Waals surface area contributed by atoms with Crippen molar-refractivity contribution in [3.63, 3.8) is 0 Å². The van der Waals surface area contributed by atoms with Gasteiger partial charge in [0.15, 0.2) is 0 Å². The molecule has 0 saturated carbocycles. The lowest BCUT2D eigenvalue weighted by Crippen LogP contribution is -2.35. The maximum Gasteiger partial charge on any atom is 0.220 e. The summed E-state index contributed by atoms with van der Waals surface area (Å²) in [4.78, 5) is 11.2. The van der Waals surface area contributed by atoms with Crippen LogP contribution in [0.2, 0.25) is 0 Å². The van der Waals surface area contributed by atoms with Gasteiger partial charge in [-0.15, -0.1) is 0 Å². The van der Waals surface area contributed by atoms with Gasteiger partial charge >= 0.3 is 0 Å². The number of fused-ring (bicyclic) bond motifs is 1. The molecule has 2 aliphatic rings. The maximum absolute atomic E-state index is 11.2. The van der Waals surface area contributed by atoms with Gasteiger partial charge in [-0.25, -0.2) is 0 Å². The second-order valence-corrected chi connectivity index (χ2v) is 5.72. The fraction of sp³-hybridized carbons (Fsp3) is 0.562. The largest absolute Gasteiger partial charge is 0.496 e. The van der Waals surface area contributed by atoms with E-state index < -0.39 is 0 Å². The molecule has 20 heavy (non-hydrogen) atoms. The molecule has 1 amide bonds. The predicted octanol–water partition coefficient (Wildman–Crippen LogP) is 1.55. The normalized spacial score (nSPS) is 20.9. The first kappa shape index (κ1) is 13.4. The van der Waals surface area contributed by atoms with Crippen molar-refractivity contribution in [3.8, 4) is 5.75 Å². The second kappa shape index (κ2) is 5.83. The van der Waals surface area contributed by atoms with Crippen molar-refractivity contribution < 1.29 is 9.53 Å². The van der Waals surface area contributed by atoms with Gasteiger partial charge < -0.3 is 15.4 Å². The van der Waals surface area contributed by atoms with E-state index in [0.717, 1.165) is 25.3 Å². The molecule has 2 N–H and O–H groups in total. The highest BCUT2D eigenvalue weighted by molar-refractivity contribution is 5.78. The quantitative estimate of drug-likeness (QED) is 0.856. The van der Waals surface area contributed by atoms with Gasteiger partial charge in [-0.1, -0.05) is 6.07 Å². The van der Waals surface area contributed by atoms with Crippen molar-refractivity contribution in [2.24, 2.45) is 0 Å². The number of carbonyl (C=O) groups excluding carboxylic acids is 1. The van der Waals surface area contributed by atoms with E-state index in [-0.39, 0.29) is 11.9 Å². The molecule has 4 heteroatoms. The van der Waals surface area contributed by atoms with Gasteiger partial charge in [-0.2, -0.15) is 0 Å². The number of hydrogen-bond acceptors (Lipinski definition) is 3. The van der Waals surface area contributed by atoms with Crippen molar-refractivity contribution in [1.82, 2.24) is 10.6 Å². The molecule has 1 aromatic rings. The van der Waals surface area contributed by atoms with E-state index in [0.29, 0.717) is 6.42 Å². The van der Waals surface area contributed by atoms with Gasteiger partial charge in [0.25, 0.3) is 0 Å². The van der Waals surface area contributed by atoms with Crippen molar-refractivity contribution in [2.45, 2.75) is 44.7 Å². The molecule has 1 saturated heterocycles. The van der Waals surface area contributed by atoms with Gasteiger partial charge in [-0.3, -0.25) is 4.79 Å². The average Bonchev–Trinajstić information content (AvgIpc) is 3.06. The third kappa shape index (κ3) is 2.80. The van der Waals surface area contributed by atoms with Gasteiger partial charge in [0, 0.05) is 31.1 Å². The van der Waals surface area contributed by atoms with Crippen LogP contribution < -0.4 is 15.4 Å². The summed E-state index contributed by atoms with van der Waals surface area (Å²) in [7, 11) is 1.73. The van der Waals surface area contributed by atoms with E-state index in [1.807, 2.05) is 0 Å².